The van der Waals surface area contributed by atoms with Crippen molar-refractivity contribution >= 4 is 92.0 Å². The van der Waals surface area contributed by atoms with Crippen molar-refractivity contribution in [3.05, 3.63) is 217 Å². The molecule has 0 N–H and O–H groups in total. The van der Waals surface area contributed by atoms with Crippen LogP contribution >= 0.6 is 11.3 Å². The highest BCUT2D eigenvalue weighted by atomic mass is 32.1. The number of benzene rings is 9. The van der Waals surface area contributed by atoms with Gasteiger partial charge in [0.25, 0.3) is 0 Å². The van der Waals surface area contributed by atoms with E-state index in [1.807, 2.05) is 11.3 Å². The van der Waals surface area contributed by atoms with Crippen molar-refractivity contribution in [1.82, 2.24) is 0 Å². The van der Waals surface area contributed by atoms with Crippen molar-refractivity contribution in [3.8, 4) is 22.3 Å². The van der Waals surface area contributed by atoms with Crippen molar-refractivity contribution in [2.45, 2.75) is 6.42 Å². The van der Waals surface area contributed by atoms with Gasteiger partial charge in [-0.15, -0.1) is 11.3 Å². The zero-order valence-electron chi connectivity index (χ0n) is 32.0. The number of thiophene rings is 1. The Morgan fingerprint density at radius 1 is 0.441 bits per heavy atom. The first kappa shape index (κ1) is 33.8. The Morgan fingerprint density at radius 3 is 2.00 bits per heavy atom. The lowest BCUT2D eigenvalue weighted by molar-refractivity contribution is 0.670. The lowest BCUT2D eigenvalue weighted by atomic mass is 9.92. The highest BCUT2D eigenvalue weighted by Gasteiger charge is 2.23. The molecular weight excluding hydrogens is 735 g/mol. The molecule has 0 fully saturated rings. The molecule has 0 aliphatic carbocycles. The normalized spacial score (nSPS) is 13.3. The van der Waals surface area contributed by atoms with E-state index < -0.39 is 0 Å². The zero-order valence-corrected chi connectivity index (χ0v) is 32.8. The topological polar surface area (TPSA) is 25.5 Å². The van der Waals surface area contributed by atoms with E-state index in [4.69, 9.17) is 9.41 Å². The van der Waals surface area contributed by atoms with Crippen LogP contribution in [0.3, 0.4) is 0 Å². The molecule has 1 aliphatic rings. The lowest BCUT2D eigenvalue weighted by Gasteiger charge is -2.12. The summed E-state index contributed by atoms with van der Waals surface area (Å²) < 4.78 is 9.53. The Bertz CT molecular complexity index is 3560. The molecule has 11 aromatic rings. The lowest BCUT2D eigenvalue weighted by Crippen LogP contribution is -2.00. The summed E-state index contributed by atoms with van der Waals surface area (Å²) in [7, 11) is 0. The van der Waals surface area contributed by atoms with Crippen molar-refractivity contribution in [2.24, 2.45) is 4.99 Å². The van der Waals surface area contributed by atoms with Crippen molar-refractivity contribution in [3.63, 3.8) is 0 Å². The number of fused-ring (bicyclic) bond motifs is 9. The van der Waals surface area contributed by atoms with E-state index in [0.29, 0.717) is 0 Å². The van der Waals surface area contributed by atoms with Crippen LogP contribution in [0.2, 0.25) is 0 Å². The van der Waals surface area contributed by atoms with Gasteiger partial charge >= 0.3 is 0 Å². The van der Waals surface area contributed by atoms with E-state index in [1.54, 1.807) is 0 Å². The van der Waals surface area contributed by atoms with Crippen LogP contribution in [0, 0.1) is 0 Å². The Hall–Kier alpha value is -7.33. The van der Waals surface area contributed by atoms with Crippen LogP contribution in [0.15, 0.2) is 210 Å². The third-order valence-electron chi connectivity index (χ3n) is 12.0. The van der Waals surface area contributed by atoms with Crippen LogP contribution in [0.4, 0.5) is 0 Å². The molecule has 0 radical (unpaired) electrons. The van der Waals surface area contributed by atoms with Gasteiger partial charge < -0.3 is 4.42 Å². The Labute approximate surface area is 345 Å². The number of rotatable bonds is 5. The summed E-state index contributed by atoms with van der Waals surface area (Å²) in [6, 6.07) is 67.7. The minimum Gasteiger partial charge on any atom is -0.455 e. The van der Waals surface area contributed by atoms with Gasteiger partial charge in [0.05, 0.1) is 11.4 Å². The number of allylic oxidation sites excluding steroid dienone is 3. The average Bonchev–Trinajstić information content (AvgIpc) is 3.81. The van der Waals surface area contributed by atoms with Crippen LogP contribution in [0.1, 0.15) is 23.1 Å². The highest BCUT2D eigenvalue weighted by Crippen LogP contribution is 2.46. The molecule has 0 bridgehead atoms. The monoisotopic (exact) mass is 769 g/mol. The maximum atomic E-state index is 6.97. The van der Waals surface area contributed by atoms with E-state index in [-0.39, 0.29) is 0 Å². The molecule has 59 heavy (non-hydrogen) atoms. The van der Waals surface area contributed by atoms with Gasteiger partial charge in [0.15, 0.2) is 0 Å². The summed E-state index contributed by atoms with van der Waals surface area (Å²) in [6.45, 7) is 0. The van der Waals surface area contributed by atoms with Gasteiger partial charge in [-0.2, -0.15) is 0 Å². The smallest absolute Gasteiger partial charge is 0.143 e. The fourth-order valence-electron chi connectivity index (χ4n) is 9.08. The van der Waals surface area contributed by atoms with E-state index in [1.165, 1.54) is 69.5 Å². The summed E-state index contributed by atoms with van der Waals surface area (Å²) >= 11 is 1.86. The fraction of sp³-hybridized carbons (Fsp3) is 0.0179. The first-order valence-corrected chi connectivity index (χ1v) is 21.0. The van der Waals surface area contributed by atoms with Crippen molar-refractivity contribution < 1.29 is 4.42 Å². The number of aliphatic imine (C=N–C) groups is 1. The minimum absolute atomic E-state index is 0.746. The van der Waals surface area contributed by atoms with Gasteiger partial charge in [0.1, 0.15) is 11.2 Å². The summed E-state index contributed by atoms with van der Waals surface area (Å²) in [6.07, 6.45) is 5.34. The van der Waals surface area contributed by atoms with Crippen LogP contribution < -0.4 is 0 Å². The summed E-state index contributed by atoms with van der Waals surface area (Å²) in [4.78, 5) is 5.57. The largest absolute Gasteiger partial charge is 0.455 e. The molecule has 2 aromatic heterocycles. The summed E-state index contributed by atoms with van der Waals surface area (Å²) in [5.74, 6) is 0. The summed E-state index contributed by atoms with van der Waals surface area (Å²) in [5, 5.41) is 9.71. The molecule has 0 amide bonds. The number of hydrogen-bond donors (Lipinski definition) is 0. The Kier molecular flexibility index (Phi) is 7.82. The molecule has 0 saturated carbocycles. The van der Waals surface area contributed by atoms with Crippen LogP contribution in [0.25, 0.3) is 97.2 Å². The standard InChI is InChI=1S/C56H35NOS/c1-2-11-35(12-3-1)37-21-24-39(25-22-37)48-31-27-42(41-26-23-36-13-4-5-15-40(36)33-41)34-49(57-48)46-30-29-45(56-53(46)47-17-8-9-19-50(47)58-56)44-18-10-20-51-55(44)54-43-16-7-6-14-38(43)28-32-52(54)59-51/h1-26,28-34H,27H2. The molecule has 3 heteroatoms. The molecule has 0 spiro atoms. The van der Waals surface area contributed by atoms with Gasteiger partial charge in [0.2, 0.25) is 0 Å². The number of para-hydroxylation sites is 1. The average molecular weight is 770 g/mol. The third-order valence-corrected chi connectivity index (χ3v) is 13.1. The van der Waals surface area contributed by atoms with Gasteiger partial charge in [0, 0.05) is 42.1 Å². The summed E-state index contributed by atoms with van der Waals surface area (Å²) in [5.41, 5.74) is 12.8. The van der Waals surface area contributed by atoms with Crippen LogP contribution in [0.5, 0.6) is 0 Å². The molecule has 3 heterocycles. The molecule has 9 aromatic carbocycles. The molecular formula is C56H35NOS. The second-order valence-corrected chi connectivity index (χ2v) is 16.5. The minimum atomic E-state index is 0.746. The molecule has 1 aliphatic heterocycles. The first-order valence-electron chi connectivity index (χ1n) is 20.2. The van der Waals surface area contributed by atoms with E-state index >= 15 is 0 Å². The van der Waals surface area contributed by atoms with Crippen LogP contribution in [-0.4, -0.2) is 5.71 Å². The molecule has 12 rings (SSSR count). The van der Waals surface area contributed by atoms with E-state index in [0.717, 1.165) is 56.5 Å². The predicted octanol–water partition coefficient (Wildman–Crippen LogP) is 15.9. The number of nitrogens with zero attached hydrogens (tertiary/aromatic N) is 1. The Morgan fingerprint density at radius 2 is 1.12 bits per heavy atom. The van der Waals surface area contributed by atoms with Gasteiger partial charge in [-0.3, -0.25) is 0 Å². The SMILES string of the molecule is C1=C(c2ccc3ccccc3c2)CC=C(c2ccc(-c3ccccc3)cc2)N=C1c1ccc(-c2cccc3sc4ccc5ccccc5c4c23)c2oc3ccccc3c12. The molecule has 0 atom stereocenters. The number of hydrogen-bond acceptors (Lipinski definition) is 3. The molecule has 0 unspecified atom stereocenters. The second kappa shape index (κ2) is 13.7. The maximum Gasteiger partial charge on any atom is 0.143 e. The zero-order chi connectivity index (χ0) is 38.9. The Balaban J connectivity index is 1.09. The van der Waals surface area contributed by atoms with Gasteiger partial charge in [-0.1, -0.05) is 164 Å². The first-order chi connectivity index (χ1) is 29.2. The van der Waals surface area contributed by atoms with Crippen molar-refractivity contribution in [2.75, 3.05) is 0 Å². The van der Waals surface area contributed by atoms with E-state index in [9.17, 15) is 0 Å². The van der Waals surface area contributed by atoms with Crippen molar-refractivity contribution in [1.29, 1.82) is 0 Å². The highest BCUT2D eigenvalue weighted by molar-refractivity contribution is 7.26. The predicted molar refractivity (Wildman–Crippen MR) is 252 cm³/mol. The van der Waals surface area contributed by atoms with E-state index in [2.05, 4.69) is 200 Å². The quantitative estimate of drug-likeness (QED) is 0.171. The van der Waals surface area contributed by atoms with Crippen LogP contribution in [-0.2, 0) is 0 Å². The molecule has 0 saturated heterocycles. The molecule has 2 nitrogen and oxygen atoms in total. The van der Waals surface area contributed by atoms with Gasteiger partial charge in [-0.05, 0) is 97.8 Å². The fourth-order valence-corrected chi connectivity index (χ4v) is 10.2. The maximum absolute atomic E-state index is 6.97. The second-order valence-electron chi connectivity index (χ2n) is 15.4. The molecule has 276 valence electrons. The van der Waals surface area contributed by atoms with Gasteiger partial charge in [-0.25, -0.2) is 4.99 Å². The number of furan rings is 1. The third kappa shape index (κ3) is 5.66.